The Labute approximate surface area is 326 Å². The van der Waals surface area contributed by atoms with Gasteiger partial charge < -0.3 is 0 Å². The van der Waals surface area contributed by atoms with Gasteiger partial charge in [0, 0.05) is 0 Å². The van der Waals surface area contributed by atoms with E-state index in [1.54, 1.807) is 0 Å². The van der Waals surface area contributed by atoms with E-state index in [1.165, 1.54) is 109 Å². The van der Waals surface area contributed by atoms with Crippen LogP contribution in [0.25, 0.3) is 109 Å². The van der Waals surface area contributed by atoms with Crippen LogP contribution in [0.3, 0.4) is 0 Å². The third-order valence-corrected chi connectivity index (χ3v) is 11.6. The Morgan fingerprint density at radius 2 is 0.679 bits per heavy atom. The van der Waals surface area contributed by atoms with Gasteiger partial charge >= 0.3 is 0 Å². The standard InChI is InChI=1S/C56H36/c1-3-16-39(17-4-1)55-46(44-22-13-21-42(35-44)43-27-26-37-14-7-8-20-41(37)34-43)30-31-51-50(55)32-33-52(56(51)40-18-5-2-6-19-40)54-36-53-45-23-10-9-15-38(45)28-29-49(53)47-24-11-12-25-48(47)54/h1-36H. The Bertz CT molecular complexity index is 3280. The first-order chi connectivity index (χ1) is 27.8. The molecule has 260 valence electrons. The molecule has 0 unspecified atom stereocenters. The molecule has 0 aliphatic rings. The SMILES string of the molecule is c1ccc(-c2c(-c3cccc(-c4ccc5ccccc5c4)c3)ccc3c(-c4ccccc4)c(-c4cc5c6ccccc6ccc5c5ccccc45)ccc23)cc1. The van der Waals surface area contributed by atoms with Crippen molar-refractivity contribution in [2.24, 2.45) is 0 Å². The molecule has 0 bridgehead atoms. The second-order valence-corrected chi connectivity index (χ2v) is 14.8. The van der Waals surface area contributed by atoms with Gasteiger partial charge in [-0.15, -0.1) is 0 Å². The number of benzene rings is 11. The maximum absolute atomic E-state index is 2.44. The molecule has 11 aromatic rings. The van der Waals surface area contributed by atoms with E-state index in [4.69, 9.17) is 0 Å². The lowest BCUT2D eigenvalue weighted by Gasteiger charge is -2.21. The minimum Gasteiger partial charge on any atom is -0.0622 e. The molecular formula is C56H36. The molecule has 0 saturated carbocycles. The van der Waals surface area contributed by atoms with Crippen LogP contribution in [-0.4, -0.2) is 0 Å². The zero-order valence-electron chi connectivity index (χ0n) is 30.8. The van der Waals surface area contributed by atoms with Gasteiger partial charge in [0.1, 0.15) is 0 Å². The number of hydrogen-bond acceptors (Lipinski definition) is 0. The zero-order valence-corrected chi connectivity index (χ0v) is 30.8. The van der Waals surface area contributed by atoms with E-state index in [0.29, 0.717) is 0 Å². The first kappa shape index (κ1) is 32.2. The van der Waals surface area contributed by atoms with E-state index in [2.05, 4.69) is 218 Å². The van der Waals surface area contributed by atoms with Gasteiger partial charge in [0.25, 0.3) is 0 Å². The van der Waals surface area contributed by atoms with Crippen LogP contribution in [0.2, 0.25) is 0 Å². The summed E-state index contributed by atoms with van der Waals surface area (Å²) in [5.74, 6) is 0. The lowest BCUT2D eigenvalue weighted by molar-refractivity contribution is 1.59. The maximum atomic E-state index is 2.44. The van der Waals surface area contributed by atoms with Crippen LogP contribution in [0.5, 0.6) is 0 Å². The molecule has 0 heterocycles. The highest BCUT2D eigenvalue weighted by atomic mass is 14.2. The third kappa shape index (κ3) is 5.30. The molecule has 0 heteroatoms. The normalized spacial score (nSPS) is 11.6. The molecule has 11 aromatic carbocycles. The molecule has 0 nitrogen and oxygen atoms in total. The Hall–Kier alpha value is -7.28. The van der Waals surface area contributed by atoms with Crippen molar-refractivity contribution in [2.45, 2.75) is 0 Å². The van der Waals surface area contributed by atoms with Crippen molar-refractivity contribution in [3.05, 3.63) is 218 Å². The Kier molecular flexibility index (Phi) is 7.60. The Morgan fingerprint density at radius 3 is 1.43 bits per heavy atom. The van der Waals surface area contributed by atoms with Gasteiger partial charge in [0.15, 0.2) is 0 Å². The summed E-state index contributed by atoms with van der Waals surface area (Å²) in [6, 6.07) is 80.5. The number of rotatable bonds is 5. The van der Waals surface area contributed by atoms with Gasteiger partial charge in [-0.3, -0.25) is 0 Å². The molecule has 0 aromatic heterocycles. The van der Waals surface area contributed by atoms with E-state index in [0.717, 1.165) is 0 Å². The summed E-state index contributed by atoms with van der Waals surface area (Å²) in [5, 5.41) is 12.6. The molecule has 0 radical (unpaired) electrons. The molecule has 0 N–H and O–H groups in total. The second kappa shape index (κ2) is 13.2. The fourth-order valence-electron chi connectivity index (χ4n) is 9.02. The fourth-order valence-corrected chi connectivity index (χ4v) is 9.02. The zero-order chi connectivity index (χ0) is 37.0. The van der Waals surface area contributed by atoms with Crippen molar-refractivity contribution in [3.63, 3.8) is 0 Å². The van der Waals surface area contributed by atoms with Crippen LogP contribution in [0.1, 0.15) is 0 Å². The van der Waals surface area contributed by atoms with Crippen LogP contribution in [0.4, 0.5) is 0 Å². The average molecular weight is 709 g/mol. The monoisotopic (exact) mass is 708 g/mol. The number of fused-ring (bicyclic) bond motifs is 7. The molecule has 0 atom stereocenters. The first-order valence-electron chi connectivity index (χ1n) is 19.4. The highest BCUT2D eigenvalue weighted by Crippen LogP contribution is 2.47. The van der Waals surface area contributed by atoms with Gasteiger partial charge in [0.2, 0.25) is 0 Å². The average Bonchev–Trinajstić information content (AvgIpc) is 3.28. The van der Waals surface area contributed by atoms with Crippen molar-refractivity contribution in [2.75, 3.05) is 0 Å². The minimum absolute atomic E-state index is 1.20. The van der Waals surface area contributed by atoms with E-state index in [1.807, 2.05) is 0 Å². The first-order valence-corrected chi connectivity index (χ1v) is 19.4. The predicted molar refractivity (Wildman–Crippen MR) is 241 cm³/mol. The van der Waals surface area contributed by atoms with E-state index in [-0.39, 0.29) is 0 Å². The highest BCUT2D eigenvalue weighted by molar-refractivity contribution is 6.23. The van der Waals surface area contributed by atoms with E-state index in [9.17, 15) is 0 Å². The van der Waals surface area contributed by atoms with Crippen molar-refractivity contribution in [1.82, 2.24) is 0 Å². The topological polar surface area (TPSA) is 0 Å². The van der Waals surface area contributed by atoms with Gasteiger partial charge in [-0.25, -0.2) is 0 Å². The third-order valence-electron chi connectivity index (χ3n) is 11.6. The summed E-state index contributed by atoms with van der Waals surface area (Å²) in [6.07, 6.45) is 0. The summed E-state index contributed by atoms with van der Waals surface area (Å²) in [6.45, 7) is 0. The predicted octanol–water partition coefficient (Wildman–Crippen LogP) is 15.8. The van der Waals surface area contributed by atoms with E-state index >= 15 is 0 Å². The maximum Gasteiger partial charge on any atom is -0.00264 e. The molecule has 56 heavy (non-hydrogen) atoms. The highest BCUT2D eigenvalue weighted by Gasteiger charge is 2.20. The van der Waals surface area contributed by atoms with Crippen molar-refractivity contribution >= 4 is 53.9 Å². The molecule has 0 amide bonds. The fraction of sp³-hybridized carbons (Fsp3) is 0. The van der Waals surface area contributed by atoms with Gasteiger partial charge in [-0.1, -0.05) is 200 Å². The summed E-state index contributed by atoms with van der Waals surface area (Å²) in [7, 11) is 0. The number of hydrogen-bond donors (Lipinski definition) is 0. The summed E-state index contributed by atoms with van der Waals surface area (Å²) >= 11 is 0. The van der Waals surface area contributed by atoms with Gasteiger partial charge in [-0.05, 0) is 128 Å². The minimum atomic E-state index is 1.20. The van der Waals surface area contributed by atoms with Crippen LogP contribution < -0.4 is 0 Å². The van der Waals surface area contributed by atoms with Crippen molar-refractivity contribution in [3.8, 4) is 55.6 Å². The Morgan fingerprint density at radius 1 is 0.179 bits per heavy atom. The van der Waals surface area contributed by atoms with Crippen LogP contribution >= 0.6 is 0 Å². The molecule has 0 spiro atoms. The summed E-state index contributed by atoms with van der Waals surface area (Å²) in [5.41, 5.74) is 12.3. The molecule has 0 aliphatic heterocycles. The lowest BCUT2D eigenvalue weighted by Crippen LogP contribution is -1.94. The second-order valence-electron chi connectivity index (χ2n) is 14.8. The molecular weight excluding hydrogens is 673 g/mol. The largest absolute Gasteiger partial charge is 0.0622 e. The van der Waals surface area contributed by atoms with Gasteiger partial charge in [0.05, 0.1) is 0 Å². The van der Waals surface area contributed by atoms with Crippen LogP contribution in [-0.2, 0) is 0 Å². The lowest BCUT2D eigenvalue weighted by atomic mass is 9.82. The smallest absolute Gasteiger partial charge is 0.00264 e. The van der Waals surface area contributed by atoms with Crippen LogP contribution in [0, 0.1) is 0 Å². The van der Waals surface area contributed by atoms with Crippen molar-refractivity contribution < 1.29 is 0 Å². The van der Waals surface area contributed by atoms with Gasteiger partial charge in [-0.2, -0.15) is 0 Å². The molecule has 11 rings (SSSR count). The molecule has 0 fully saturated rings. The summed E-state index contributed by atoms with van der Waals surface area (Å²) < 4.78 is 0. The molecule has 0 aliphatic carbocycles. The van der Waals surface area contributed by atoms with Crippen LogP contribution in [0.15, 0.2) is 218 Å². The Balaban J connectivity index is 1.19. The van der Waals surface area contributed by atoms with Crippen molar-refractivity contribution in [1.29, 1.82) is 0 Å². The molecule has 0 saturated heterocycles. The van der Waals surface area contributed by atoms with E-state index < -0.39 is 0 Å². The summed E-state index contributed by atoms with van der Waals surface area (Å²) in [4.78, 5) is 0. The quantitative estimate of drug-likeness (QED) is 0.156.